The molecule has 0 fully saturated rings. The quantitative estimate of drug-likeness (QED) is 0.560. The Bertz CT molecular complexity index is 652. The van der Waals surface area contributed by atoms with Crippen molar-refractivity contribution in [2.24, 2.45) is 0 Å². The van der Waals surface area contributed by atoms with Crippen LogP contribution in [0.4, 0.5) is 0 Å². The molecule has 0 bridgehead atoms. The summed E-state index contributed by atoms with van der Waals surface area (Å²) < 4.78 is 2.33. The number of fused-ring (bicyclic) bond motifs is 3. The molecule has 1 aromatic heterocycles. The summed E-state index contributed by atoms with van der Waals surface area (Å²) in [6.45, 7) is 0. The SMILES string of the molecule is O=Cc1cccc2c1sc1ccccc12. The zero-order valence-electron chi connectivity index (χ0n) is 7.94. The molecule has 0 spiro atoms. The molecule has 3 aromatic rings. The summed E-state index contributed by atoms with van der Waals surface area (Å²) in [6, 6.07) is 14.1. The van der Waals surface area contributed by atoms with Gasteiger partial charge in [0.05, 0.1) is 0 Å². The minimum absolute atomic E-state index is 0.786. The maximum atomic E-state index is 10.9. The van der Waals surface area contributed by atoms with E-state index in [2.05, 4.69) is 18.2 Å². The Kier molecular flexibility index (Phi) is 1.82. The molecule has 1 nitrogen and oxygen atoms in total. The van der Waals surface area contributed by atoms with Crippen molar-refractivity contribution in [2.75, 3.05) is 0 Å². The van der Waals surface area contributed by atoms with Crippen molar-refractivity contribution in [1.29, 1.82) is 0 Å². The topological polar surface area (TPSA) is 17.1 Å². The maximum absolute atomic E-state index is 10.9. The second kappa shape index (κ2) is 3.17. The molecule has 0 amide bonds. The van der Waals surface area contributed by atoms with Gasteiger partial charge in [0.1, 0.15) is 0 Å². The van der Waals surface area contributed by atoms with Gasteiger partial charge in [-0.1, -0.05) is 36.4 Å². The summed E-state index contributed by atoms with van der Waals surface area (Å²) in [7, 11) is 0. The molecule has 0 unspecified atom stereocenters. The van der Waals surface area contributed by atoms with Crippen molar-refractivity contribution in [3.8, 4) is 0 Å². The summed E-state index contributed by atoms with van der Waals surface area (Å²) in [5.74, 6) is 0. The number of hydrogen-bond donors (Lipinski definition) is 0. The fraction of sp³-hybridized carbons (Fsp3) is 0. The van der Waals surface area contributed by atoms with Gasteiger partial charge in [-0.05, 0) is 6.07 Å². The van der Waals surface area contributed by atoms with Gasteiger partial charge in [-0.25, -0.2) is 0 Å². The van der Waals surface area contributed by atoms with E-state index in [9.17, 15) is 4.79 Å². The van der Waals surface area contributed by atoms with E-state index in [0.717, 1.165) is 16.5 Å². The zero-order valence-corrected chi connectivity index (χ0v) is 8.75. The fourth-order valence-electron chi connectivity index (χ4n) is 1.86. The molecule has 0 aliphatic rings. The number of rotatable bonds is 1. The van der Waals surface area contributed by atoms with Gasteiger partial charge in [-0.3, -0.25) is 4.79 Å². The average Bonchev–Trinajstić information content (AvgIpc) is 2.67. The van der Waals surface area contributed by atoms with Crippen LogP contribution in [0.2, 0.25) is 0 Å². The summed E-state index contributed by atoms with van der Waals surface area (Å²) in [6.07, 6.45) is 0.928. The first kappa shape index (κ1) is 8.62. The molecule has 0 atom stereocenters. The van der Waals surface area contributed by atoms with Gasteiger partial charge in [0.15, 0.2) is 6.29 Å². The van der Waals surface area contributed by atoms with Gasteiger partial charge >= 0.3 is 0 Å². The van der Waals surface area contributed by atoms with Crippen molar-refractivity contribution in [2.45, 2.75) is 0 Å². The molecular weight excluding hydrogens is 204 g/mol. The monoisotopic (exact) mass is 212 g/mol. The molecule has 72 valence electrons. The number of carbonyl (C=O) groups is 1. The van der Waals surface area contributed by atoms with E-state index in [0.29, 0.717) is 0 Å². The van der Waals surface area contributed by atoms with Crippen LogP contribution in [0.15, 0.2) is 42.5 Å². The normalized spacial score (nSPS) is 10.9. The lowest BCUT2D eigenvalue weighted by Crippen LogP contribution is -1.77. The van der Waals surface area contributed by atoms with Crippen LogP contribution in [0, 0.1) is 0 Å². The van der Waals surface area contributed by atoms with Crippen molar-refractivity contribution >= 4 is 37.8 Å². The lowest BCUT2D eigenvalue weighted by atomic mass is 10.1. The van der Waals surface area contributed by atoms with Crippen LogP contribution in [-0.2, 0) is 0 Å². The molecule has 3 rings (SSSR count). The van der Waals surface area contributed by atoms with E-state index in [-0.39, 0.29) is 0 Å². The summed E-state index contributed by atoms with van der Waals surface area (Å²) in [5, 5.41) is 2.42. The Morgan fingerprint density at radius 3 is 2.60 bits per heavy atom. The van der Waals surface area contributed by atoms with Crippen molar-refractivity contribution in [1.82, 2.24) is 0 Å². The van der Waals surface area contributed by atoms with Crippen LogP contribution in [0.25, 0.3) is 20.2 Å². The first-order chi connectivity index (χ1) is 7.40. The van der Waals surface area contributed by atoms with E-state index < -0.39 is 0 Å². The predicted molar refractivity (Wildman–Crippen MR) is 64.7 cm³/mol. The molecule has 15 heavy (non-hydrogen) atoms. The third-order valence-electron chi connectivity index (χ3n) is 2.56. The van der Waals surface area contributed by atoms with Gasteiger partial charge in [0.2, 0.25) is 0 Å². The first-order valence-corrected chi connectivity index (χ1v) is 5.57. The third-order valence-corrected chi connectivity index (χ3v) is 3.80. The van der Waals surface area contributed by atoms with E-state index >= 15 is 0 Å². The molecular formula is C13H8OS. The summed E-state index contributed by atoms with van der Waals surface area (Å²) in [5.41, 5.74) is 0.786. The van der Waals surface area contributed by atoms with Crippen molar-refractivity contribution in [3.63, 3.8) is 0 Å². The second-order valence-electron chi connectivity index (χ2n) is 3.44. The van der Waals surface area contributed by atoms with E-state index in [1.54, 1.807) is 11.3 Å². The molecule has 0 radical (unpaired) electrons. The van der Waals surface area contributed by atoms with Crippen molar-refractivity contribution < 1.29 is 4.79 Å². The zero-order chi connectivity index (χ0) is 10.3. The van der Waals surface area contributed by atoms with Crippen LogP contribution < -0.4 is 0 Å². The Morgan fingerprint density at radius 2 is 1.73 bits per heavy atom. The largest absolute Gasteiger partial charge is 0.298 e. The number of carbonyl (C=O) groups excluding carboxylic acids is 1. The Labute approximate surface area is 91.0 Å². The maximum Gasteiger partial charge on any atom is 0.151 e. The number of benzene rings is 2. The van der Waals surface area contributed by atoms with Gasteiger partial charge < -0.3 is 0 Å². The lowest BCUT2D eigenvalue weighted by Gasteiger charge is -1.92. The Balaban J connectivity index is 2.59. The fourth-order valence-corrected chi connectivity index (χ4v) is 3.04. The molecule has 1 heterocycles. The Hall–Kier alpha value is -1.67. The minimum Gasteiger partial charge on any atom is -0.298 e. The standard InChI is InChI=1S/C13H8OS/c14-8-9-4-3-6-11-10-5-1-2-7-12(10)15-13(9)11/h1-8H. The second-order valence-corrected chi connectivity index (χ2v) is 4.49. The van der Waals surface area contributed by atoms with E-state index in [1.807, 2.05) is 24.3 Å². The van der Waals surface area contributed by atoms with Crippen LogP contribution in [0.1, 0.15) is 10.4 Å². The lowest BCUT2D eigenvalue weighted by molar-refractivity contribution is 0.112. The highest BCUT2D eigenvalue weighted by Crippen LogP contribution is 2.34. The molecule has 2 aromatic carbocycles. The van der Waals surface area contributed by atoms with E-state index in [4.69, 9.17) is 0 Å². The number of thiophene rings is 1. The van der Waals surface area contributed by atoms with E-state index in [1.165, 1.54) is 15.5 Å². The predicted octanol–water partition coefficient (Wildman–Crippen LogP) is 3.87. The highest BCUT2D eigenvalue weighted by Gasteiger charge is 2.06. The summed E-state index contributed by atoms with van der Waals surface area (Å²) in [4.78, 5) is 10.9. The smallest absolute Gasteiger partial charge is 0.151 e. The van der Waals surface area contributed by atoms with Crippen LogP contribution in [-0.4, -0.2) is 6.29 Å². The Morgan fingerprint density at radius 1 is 0.933 bits per heavy atom. The molecule has 2 heteroatoms. The molecule has 0 aliphatic carbocycles. The minimum atomic E-state index is 0.786. The van der Waals surface area contributed by atoms with Gasteiger partial charge in [0, 0.05) is 25.7 Å². The first-order valence-electron chi connectivity index (χ1n) is 4.75. The van der Waals surface area contributed by atoms with Gasteiger partial charge in [-0.2, -0.15) is 0 Å². The van der Waals surface area contributed by atoms with Gasteiger partial charge in [0.25, 0.3) is 0 Å². The van der Waals surface area contributed by atoms with Crippen molar-refractivity contribution in [3.05, 3.63) is 48.0 Å². The third kappa shape index (κ3) is 1.18. The molecule has 0 saturated heterocycles. The number of hydrogen-bond acceptors (Lipinski definition) is 2. The number of aldehydes is 1. The average molecular weight is 212 g/mol. The molecule has 0 N–H and O–H groups in total. The van der Waals surface area contributed by atoms with Gasteiger partial charge in [-0.15, -0.1) is 11.3 Å². The van der Waals surface area contributed by atoms with Crippen LogP contribution in [0.3, 0.4) is 0 Å². The highest BCUT2D eigenvalue weighted by atomic mass is 32.1. The summed E-state index contributed by atoms with van der Waals surface area (Å²) >= 11 is 1.68. The molecule has 0 saturated carbocycles. The van der Waals surface area contributed by atoms with Crippen LogP contribution >= 0.6 is 11.3 Å². The highest BCUT2D eigenvalue weighted by molar-refractivity contribution is 7.26. The molecule has 0 aliphatic heterocycles. The van der Waals surface area contributed by atoms with Crippen LogP contribution in [0.5, 0.6) is 0 Å².